The lowest BCUT2D eigenvalue weighted by atomic mass is 9.78. The summed E-state index contributed by atoms with van der Waals surface area (Å²) in [6.07, 6.45) is 1.24. The van der Waals surface area contributed by atoms with Crippen molar-refractivity contribution in [2.75, 3.05) is 20.2 Å². The first-order valence-electron chi connectivity index (χ1n) is 16.8. The van der Waals surface area contributed by atoms with Crippen LogP contribution in [0.3, 0.4) is 0 Å². The summed E-state index contributed by atoms with van der Waals surface area (Å²) in [5, 5.41) is 8.90. The van der Waals surface area contributed by atoms with Crippen LogP contribution in [0.4, 0.5) is 4.79 Å². The molecule has 3 amide bonds. The van der Waals surface area contributed by atoms with Crippen molar-refractivity contribution < 1.29 is 33.4 Å². The van der Waals surface area contributed by atoms with Crippen LogP contribution < -0.4 is 16.0 Å². The fourth-order valence-electron chi connectivity index (χ4n) is 6.86. The average molecular weight is 663 g/mol. The van der Waals surface area contributed by atoms with Crippen molar-refractivity contribution in [3.05, 3.63) is 71.8 Å². The third-order valence-electron chi connectivity index (χ3n) is 8.96. The Balaban J connectivity index is 1.76. The second kappa shape index (κ2) is 15.3. The summed E-state index contributed by atoms with van der Waals surface area (Å²) in [4.78, 5) is 71.8. The van der Waals surface area contributed by atoms with Gasteiger partial charge in [-0.3, -0.25) is 14.4 Å². The summed E-state index contributed by atoms with van der Waals surface area (Å²) < 4.78 is 10.8. The molecule has 2 fully saturated rings. The van der Waals surface area contributed by atoms with Gasteiger partial charge in [0.2, 0.25) is 17.4 Å². The van der Waals surface area contributed by atoms with Crippen LogP contribution in [0.25, 0.3) is 0 Å². The van der Waals surface area contributed by atoms with Gasteiger partial charge in [0.05, 0.1) is 18.7 Å². The topological polar surface area (TPSA) is 143 Å². The molecule has 0 bridgehead atoms. The second-order valence-electron chi connectivity index (χ2n) is 14.3. The van der Waals surface area contributed by atoms with Crippen molar-refractivity contribution >= 4 is 29.7 Å². The zero-order valence-corrected chi connectivity index (χ0v) is 29.0. The van der Waals surface area contributed by atoms with Crippen LogP contribution in [-0.4, -0.2) is 83.5 Å². The zero-order chi connectivity index (χ0) is 35.1. The van der Waals surface area contributed by atoms with E-state index in [2.05, 4.69) is 16.0 Å². The fourth-order valence-corrected chi connectivity index (χ4v) is 6.86. The van der Waals surface area contributed by atoms with Crippen molar-refractivity contribution in [2.24, 2.45) is 5.92 Å². The molecule has 2 saturated heterocycles. The van der Waals surface area contributed by atoms with Gasteiger partial charge in [0, 0.05) is 13.0 Å². The van der Waals surface area contributed by atoms with Crippen molar-refractivity contribution in [1.29, 1.82) is 0 Å². The molecule has 4 atom stereocenters. The number of esters is 1. The molecular formula is C37H50N4O7. The summed E-state index contributed by atoms with van der Waals surface area (Å²) in [6, 6.07) is 15.9. The number of Topliss-reactive ketones (excluding diaryl/α,β-unsaturated/α-hetero) is 1. The van der Waals surface area contributed by atoms with Gasteiger partial charge < -0.3 is 30.3 Å². The zero-order valence-electron chi connectivity index (χ0n) is 29.0. The molecule has 2 aromatic carbocycles. The summed E-state index contributed by atoms with van der Waals surface area (Å²) in [5.74, 6) is -2.62. The predicted octanol–water partition coefficient (Wildman–Crippen LogP) is 3.73. The van der Waals surface area contributed by atoms with Crippen LogP contribution in [0.1, 0.15) is 71.4 Å². The van der Waals surface area contributed by atoms with Crippen molar-refractivity contribution in [1.82, 2.24) is 20.9 Å². The number of methoxy groups -OCH3 is 1. The molecule has 2 heterocycles. The lowest BCUT2D eigenvalue weighted by molar-refractivity contribution is -0.168. The van der Waals surface area contributed by atoms with Crippen molar-refractivity contribution in [3.8, 4) is 0 Å². The van der Waals surface area contributed by atoms with Crippen molar-refractivity contribution in [2.45, 2.75) is 102 Å². The summed E-state index contributed by atoms with van der Waals surface area (Å²) >= 11 is 0. The van der Waals surface area contributed by atoms with Gasteiger partial charge in [-0.1, -0.05) is 74.5 Å². The molecule has 260 valence electrons. The molecule has 2 aliphatic heterocycles. The lowest BCUT2D eigenvalue weighted by Crippen LogP contribution is -2.68. The Hall–Kier alpha value is -4.25. The Kier molecular flexibility index (Phi) is 11.7. The molecule has 4 rings (SSSR count). The van der Waals surface area contributed by atoms with E-state index in [1.807, 2.05) is 74.5 Å². The molecule has 11 nitrogen and oxygen atoms in total. The van der Waals surface area contributed by atoms with E-state index in [4.69, 9.17) is 9.47 Å². The number of hydrogen-bond acceptors (Lipinski definition) is 8. The predicted molar refractivity (Wildman–Crippen MR) is 181 cm³/mol. The van der Waals surface area contributed by atoms with Gasteiger partial charge in [-0.15, -0.1) is 0 Å². The Morgan fingerprint density at radius 3 is 1.98 bits per heavy atom. The molecule has 0 unspecified atom stereocenters. The highest BCUT2D eigenvalue weighted by Crippen LogP contribution is 2.39. The van der Waals surface area contributed by atoms with Crippen LogP contribution in [0, 0.1) is 5.92 Å². The van der Waals surface area contributed by atoms with Crippen LogP contribution in [0.5, 0.6) is 0 Å². The minimum Gasteiger partial charge on any atom is -0.467 e. The number of ether oxygens (including phenoxy) is 2. The van der Waals surface area contributed by atoms with Crippen LogP contribution in [0.2, 0.25) is 0 Å². The SMILES string of the molecule is COC(=O)[C@](CC(C)C)(C(=O)[C@H](Cc1ccccc1)NC(=O)[C@H](Cc1ccccc1)NC(=O)OC(C)(C)C)N1CC[C@@]2(CCCN2)C1=O. The highest BCUT2D eigenvalue weighted by Gasteiger charge is 2.62. The maximum atomic E-state index is 15.1. The van der Waals surface area contributed by atoms with Gasteiger partial charge in [0.1, 0.15) is 11.6 Å². The highest BCUT2D eigenvalue weighted by molar-refractivity contribution is 6.15. The summed E-state index contributed by atoms with van der Waals surface area (Å²) in [7, 11) is 1.21. The highest BCUT2D eigenvalue weighted by atomic mass is 16.6. The van der Waals surface area contributed by atoms with Gasteiger partial charge >= 0.3 is 12.1 Å². The Morgan fingerprint density at radius 1 is 0.896 bits per heavy atom. The molecule has 0 aliphatic carbocycles. The van der Waals surface area contributed by atoms with Crippen LogP contribution in [-0.2, 0) is 41.5 Å². The van der Waals surface area contributed by atoms with Gasteiger partial charge in [0.15, 0.2) is 5.78 Å². The molecule has 0 aromatic heterocycles. The maximum absolute atomic E-state index is 15.1. The first-order valence-corrected chi connectivity index (χ1v) is 16.8. The Morgan fingerprint density at radius 2 is 1.48 bits per heavy atom. The van der Waals surface area contributed by atoms with E-state index in [9.17, 15) is 19.2 Å². The first kappa shape index (κ1) is 36.6. The molecule has 0 saturated carbocycles. The monoisotopic (exact) mass is 662 g/mol. The Labute approximate surface area is 283 Å². The molecule has 2 aromatic rings. The van der Waals surface area contributed by atoms with E-state index >= 15 is 4.79 Å². The molecular weight excluding hydrogens is 612 g/mol. The number of rotatable bonds is 13. The fraction of sp³-hybridized carbons (Fsp3) is 0.541. The average Bonchev–Trinajstić information content (AvgIpc) is 3.65. The number of carbonyl (C=O) groups excluding carboxylic acids is 5. The van der Waals surface area contributed by atoms with Crippen molar-refractivity contribution in [3.63, 3.8) is 0 Å². The number of benzene rings is 2. The minimum atomic E-state index is -1.99. The number of carbonyl (C=O) groups is 5. The standard InChI is InChI=1S/C37H50N4O7/c1-25(2)24-37(33(45)47-6,41-21-19-36(32(41)44)18-13-20-38-36)30(42)28(22-26-14-9-7-10-15-26)39-31(43)29(23-27-16-11-8-12-17-27)40-34(46)48-35(3,4)5/h7-12,14-17,25,28-29,38H,13,18-24H2,1-6H3,(H,39,43)(H,40,46)/t28-,29-,36-,37-/m0/s1. The van der Waals surface area contributed by atoms with Crippen LogP contribution >= 0.6 is 0 Å². The minimum absolute atomic E-state index is 0.00505. The lowest BCUT2D eigenvalue weighted by Gasteiger charge is -2.42. The third-order valence-corrected chi connectivity index (χ3v) is 8.96. The number of amides is 3. The smallest absolute Gasteiger partial charge is 0.408 e. The normalized spacial score (nSPS) is 20.2. The largest absolute Gasteiger partial charge is 0.467 e. The summed E-state index contributed by atoms with van der Waals surface area (Å²) in [5.41, 5.74) is -2.13. The van der Waals surface area contributed by atoms with E-state index in [1.165, 1.54) is 12.0 Å². The number of nitrogens with one attached hydrogen (secondary N) is 3. The van der Waals surface area contributed by atoms with E-state index in [-0.39, 0.29) is 37.6 Å². The number of hydrogen-bond donors (Lipinski definition) is 3. The molecule has 3 N–H and O–H groups in total. The number of likely N-dealkylation sites (tertiary alicyclic amines) is 1. The quantitative estimate of drug-likeness (QED) is 0.218. The third kappa shape index (κ3) is 8.42. The van der Waals surface area contributed by atoms with Gasteiger partial charge in [-0.05, 0) is 76.5 Å². The maximum Gasteiger partial charge on any atom is 0.408 e. The molecule has 11 heteroatoms. The first-order chi connectivity index (χ1) is 22.7. The molecule has 0 radical (unpaired) electrons. The molecule has 2 aliphatic rings. The van der Waals surface area contributed by atoms with E-state index in [1.54, 1.807) is 20.8 Å². The van der Waals surface area contributed by atoms with E-state index < -0.39 is 52.5 Å². The molecule has 1 spiro atoms. The Bertz CT molecular complexity index is 1450. The number of nitrogens with zero attached hydrogens (tertiary/aromatic N) is 1. The van der Waals surface area contributed by atoms with E-state index in [0.717, 1.165) is 17.5 Å². The van der Waals surface area contributed by atoms with E-state index in [0.29, 0.717) is 19.4 Å². The van der Waals surface area contributed by atoms with Gasteiger partial charge in [0.25, 0.3) is 0 Å². The second-order valence-corrected chi connectivity index (χ2v) is 14.3. The summed E-state index contributed by atoms with van der Waals surface area (Å²) in [6.45, 7) is 9.77. The molecule has 48 heavy (non-hydrogen) atoms. The number of ketones is 1. The number of alkyl carbamates (subject to hydrolysis) is 1. The van der Waals surface area contributed by atoms with Crippen LogP contribution in [0.15, 0.2) is 60.7 Å². The van der Waals surface area contributed by atoms with Gasteiger partial charge in [-0.2, -0.15) is 0 Å². The van der Waals surface area contributed by atoms with Gasteiger partial charge in [-0.25, -0.2) is 9.59 Å².